The highest BCUT2D eigenvalue weighted by Gasteiger charge is 2.38. The van der Waals surface area contributed by atoms with Crippen LogP contribution in [0.15, 0.2) is 24.3 Å². The number of halogens is 2. The number of hydrogen-bond acceptors (Lipinski definition) is 4. The first-order valence-corrected chi connectivity index (χ1v) is 8.50. The van der Waals surface area contributed by atoms with Crippen molar-refractivity contribution in [2.75, 3.05) is 37.7 Å². The van der Waals surface area contributed by atoms with Gasteiger partial charge in [0, 0.05) is 32.5 Å². The smallest absolute Gasteiger partial charge is 0.253 e. The molecule has 3 heterocycles. The van der Waals surface area contributed by atoms with Gasteiger partial charge in [-0.3, -0.25) is 4.79 Å². The summed E-state index contributed by atoms with van der Waals surface area (Å²) in [6, 6.07) is 7.72. The van der Waals surface area contributed by atoms with Gasteiger partial charge < -0.3 is 19.5 Å². The summed E-state index contributed by atoms with van der Waals surface area (Å²) < 4.78 is 32.2. The summed E-state index contributed by atoms with van der Waals surface area (Å²) in [7, 11) is 0. The number of likely N-dealkylation sites (tertiary alicyclic amines) is 1. The van der Waals surface area contributed by atoms with Crippen LogP contribution in [0.1, 0.15) is 12.8 Å². The second-order valence-electron chi connectivity index (χ2n) is 6.56. The van der Waals surface area contributed by atoms with Crippen LogP contribution in [-0.2, 0) is 9.53 Å². The van der Waals surface area contributed by atoms with Crippen LogP contribution < -0.4 is 4.90 Å². The maximum Gasteiger partial charge on any atom is 0.253 e. The molecular weight excluding hydrogens is 330 g/mol. The van der Waals surface area contributed by atoms with E-state index in [1.807, 2.05) is 29.2 Å². The van der Waals surface area contributed by atoms with Crippen LogP contribution in [0.5, 0.6) is 0 Å². The molecule has 0 radical (unpaired) electrons. The number of carbonyl (C=O) groups is 1. The zero-order valence-electron chi connectivity index (χ0n) is 13.8. The largest absolute Gasteiger partial charge is 0.365 e. The van der Waals surface area contributed by atoms with E-state index >= 15 is 0 Å². The average Bonchev–Trinajstić information content (AvgIpc) is 3.05. The van der Waals surface area contributed by atoms with Crippen molar-refractivity contribution in [1.29, 1.82) is 0 Å². The van der Waals surface area contributed by atoms with Crippen LogP contribution in [0.4, 0.5) is 14.7 Å². The third kappa shape index (κ3) is 3.30. The van der Waals surface area contributed by atoms with Crippen LogP contribution in [0.2, 0.25) is 0 Å². The second kappa shape index (κ2) is 6.25. The van der Waals surface area contributed by atoms with Crippen LogP contribution in [0.3, 0.4) is 0 Å². The number of imidazole rings is 1. The number of H-pyrrole nitrogens is 1. The third-order valence-electron chi connectivity index (χ3n) is 4.82. The van der Waals surface area contributed by atoms with Crippen LogP contribution in [0.25, 0.3) is 11.0 Å². The van der Waals surface area contributed by atoms with Crippen molar-refractivity contribution >= 4 is 22.9 Å². The average molecular weight is 350 g/mol. The van der Waals surface area contributed by atoms with Crippen LogP contribution in [-0.4, -0.2) is 65.6 Å². The molecule has 2 saturated heterocycles. The van der Waals surface area contributed by atoms with Crippen LogP contribution in [0, 0.1) is 0 Å². The van der Waals surface area contributed by atoms with Crippen molar-refractivity contribution < 1.29 is 18.3 Å². The molecular formula is C17H20F2N4O2. The van der Waals surface area contributed by atoms with Gasteiger partial charge in [0.2, 0.25) is 5.95 Å². The number of alkyl halides is 2. The van der Waals surface area contributed by atoms with E-state index in [4.69, 9.17) is 4.74 Å². The lowest BCUT2D eigenvalue weighted by atomic mass is 10.1. The van der Waals surface area contributed by atoms with Crippen LogP contribution >= 0.6 is 0 Å². The Morgan fingerprint density at radius 2 is 2.00 bits per heavy atom. The molecule has 2 aliphatic rings. The number of morpholine rings is 1. The predicted octanol–water partition coefficient (Wildman–Crippen LogP) is 2.03. The van der Waals surface area contributed by atoms with Gasteiger partial charge in [0.05, 0.1) is 24.2 Å². The fraction of sp³-hybridized carbons (Fsp3) is 0.529. The lowest BCUT2D eigenvalue weighted by Gasteiger charge is -2.37. The predicted molar refractivity (Wildman–Crippen MR) is 88.8 cm³/mol. The molecule has 1 N–H and O–H groups in total. The van der Waals surface area contributed by atoms with Gasteiger partial charge in [-0.05, 0) is 12.1 Å². The molecule has 1 amide bonds. The number of nitrogens with zero attached hydrogens (tertiary/aromatic N) is 3. The van der Waals surface area contributed by atoms with E-state index in [2.05, 4.69) is 9.97 Å². The fourth-order valence-corrected chi connectivity index (χ4v) is 3.34. The number of hydrogen-bond donors (Lipinski definition) is 1. The summed E-state index contributed by atoms with van der Waals surface area (Å²) in [4.78, 5) is 23.9. The molecule has 1 atom stereocenters. The van der Waals surface area contributed by atoms with Gasteiger partial charge in [-0.1, -0.05) is 12.1 Å². The molecule has 1 aromatic carbocycles. The molecule has 134 valence electrons. The normalized spacial score (nSPS) is 23.8. The van der Waals surface area contributed by atoms with Crippen molar-refractivity contribution in [2.45, 2.75) is 24.9 Å². The van der Waals surface area contributed by atoms with E-state index in [1.165, 1.54) is 4.90 Å². The van der Waals surface area contributed by atoms with E-state index < -0.39 is 12.0 Å². The Morgan fingerprint density at radius 3 is 2.76 bits per heavy atom. The maximum atomic E-state index is 13.3. The number of aromatic nitrogens is 2. The van der Waals surface area contributed by atoms with E-state index in [9.17, 15) is 13.6 Å². The lowest BCUT2D eigenvalue weighted by Crippen LogP contribution is -2.53. The Balaban J connectivity index is 1.44. The summed E-state index contributed by atoms with van der Waals surface area (Å²) >= 11 is 0. The number of anilines is 1. The number of carbonyl (C=O) groups excluding carboxylic acids is 1. The zero-order chi connectivity index (χ0) is 17.4. The van der Waals surface area contributed by atoms with E-state index in [1.54, 1.807) is 0 Å². The minimum absolute atomic E-state index is 0.0797. The molecule has 2 fully saturated rings. The number of rotatable bonds is 2. The summed E-state index contributed by atoms with van der Waals surface area (Å²) in [5, 5.41) is 0. The third-order valence-corrected chi connectivity index (χ3v) is 4.82. The molecule has 8 heteroatoms. The standard InChI is InChI=1S/C17H20F2N4O2/c18-17(19)5-7-22(8-6-17)15(24)14-11-23(9-10-25-14)16-20-12-3-1-2-4-13(12)21-16/h1-4,14H,5-11H2,(H,20,21). The summed E-state index contributed by atoms with van der Waals surface area (Å²) in [6.45, 7) is 1.55. The molecule has 25 heavy (non-hydrogen) atoms. The molecule has 1 aromatic heterocycles. The van der Waals surface area contributed by atoms with E-state index in [0.717, 1.165) is 11.0 Å². The summed E-state index contributed by atoms with van der Waals surface area (Å²) in [6.07, 6.45) is -1.20. The molecule has 2 aromatic rings. The zero-order valence-corrected chi connectivity index (χ0v) is 13.8. The molecule has 2 aliphatic heterocycles. The van der Waals surface area contributed by atoms with Gasteiger partial charge in [-0.15, -0.1) is 0 Å². The highest BCUT2D eigenvalue weighted by molar-refractivity contribution is 5.82. The first kappa shape index (κ1) is 16.3. The number of para-hydroxylation sites is 2. The van der Waals surface area contributed by atoms with Crippen molar-refractivity contribution in [3.8, 4) is 0 Å². The molecule has 1 unspecified atom stereocenters. The first-order valence-electron chi connectivity index (χ1n) is 8.50. The Morgan fingerprint density at radius 1 is 1.24 bits per heavy atom. The molecule has 0 aliphatic carbocycles. The number of ether oxygens (including phenoxy) is 1. The van der Waals surface area contributed by atoms with E-state index in [0.29, 0.717) is 25.6 Å². The highest BCUT2D eigenvalue weighted by Crippen LogP contribution is 2.28. The lowest BCUT2D eigenvalue weighted by molar-refractivity contribution is -0.150. The maximum absolute atomic E-state index is 13.3. The first-order chi connectivity index (χ1) is 12.0. The quantitative estimate of drug-likeness (QED) is 0.900. The van der Waals surface area contributed by atoms with Gasteiger partial charge in [-0.2, -0.15) is 0 Å². The Hall–Kier alpha value is -2.22. The highest BCUT2D eigenvalue weighted by atomic mass is 19.3. The molecule has 0 saturated carbocycles. The van der Waals surface area contributed by atoms with Gasteiger partial charge in [-0.25, -0.2) is 13.8 Å². The summed E-state index contributed by atoms with van der Waals surface area (Å²) in [5.74, 6) is -2.17. The Kier molecular flexibility index (Phi) is 4.07. The van der Waals surface area contributed by atoms with Gasteiger partial charge in [0.25, 0.3) is 11.8 Å². The number of fused-ring (bicyclic) bond motifs is 1. The number of nitrogens with one attached hydrogen (secondary N) is 1. The van der Waals surface area contributed by atoms with Crippen molar-refractivity contribution in [3.05, 3.63) is 24.3 Å². The molecule has 0 bridgehead atoms. The molecule has 6 nitrogen and oxygen atoms in total. The number of benzene rings is 1. The van der Waals surface area contributed by atoms with Gasteiger partial charge in [0.1, 0.15) is 0 Å². The SMILES string of the molecule is O=C(C1CN(c2nc3ccccc3[nH]2)CCO1)N1CCC(F)(F)CC1. The van der Waals surface area contributed by atoms with Crippen molar-refractivity contribution in [1.82, 2.24) is 14.9 Å². The van der Waals surface area contributed by atoms with Crippen molar-refractivity contribution in [2.24, 2.45) is 0 Å². The number of aromatic amines is 1. The van der Waals surface area contributed by atoms with Gasteiger partial charge >= 0.3 is 0 Å². The summed E-state index contributed by atoms with van der Waals surface area (Å²) in [5.41, 5.74) is 1.80. The van der Waals surface area contributed by atoms with E-state index in [-0.39, 0.29) is 31.8 Å². The molecule has 4 rings (SSSR count). The second-order valence-corrected chi connectivity index (χ2v) is 6.56. The monoisotopic (exact) mass is 350 g/mol. The Bertz CT molecular complexity index is 736. The molecule has 0 spiro atoms. The topological polar surface area (TPSA) is 61.5 Å². The Labute approximate surface area is 143 Å². The number of amides is 1. The minimum Gasteiger partial charge on any atom is -0.365 e. The fourth-order valence-electron chi connectivity index (χ4n) is 3.34. The minimum atomic E-state index is -2.66. The van der Waals surface area contributed by atoms with Gasteiger partial charge in [0.15, 0.2) is 6.10 Å². The van der Waals surface area contributed by atoms with Crippen molar-refractivity contribution in [3.63, 3.8) is 0 Å². The number of piperidine rings is 1.